The van der Waals surface area contributed by atoms with Crippen LogP contribution in [0.5, 0.6) is 0 Å². The van der Waals surface area contributed by atoms with Crippen molar-refractivity contribution >= 4 is 17.2 Å². The minimum Gasteiger partial charge on any atom is -0.396 e. The molecule has 2 rings (SSSR count). The first kappa shape index (κ1) is 18.3. The van der Waals surface area contributed by atoms with Crippen molar-refractivity contribution in [3.05, 3.63) is 16.1 Å². The molecule has 0 spiro atoms. The number of thiazole rings is 1. The maximum atomic E-state index is 12.7. The summed E-state index contributed by atoms with van der Waals surface area (Å²) in [5.41, 5.74) is 0.277. The molecule has 1 aromatic rings. The van der Waals surface area contributed by atoms with Crippen molar-refractivity contribution in [2.75, 3.05) is 47.5 Å². The topological polar surface area (TPSA) is 65.9 Å². The van der Waals surface area contributed by atoms with Crippen LogP contribution < -0.4 is 0 Å². The number of hydrogen-bond donors (Lipinski definition) is 1. The van der Waals surface area contributed by atoms with Gasteiger partial charge in [-0.05, 0) is 33.4 Å². The average Bonchev–Trinajstić information content (AvgIpc) is 3.00. The van der Waals surface area contributed by atoms with Gasteiger partial charge in [0.25, 0.3) is 5.91 Å². The third kappa shape index (κ3) is 4.73. The average molecular weight is 341 g/mol. The Labute approximate surface area is 142 Å². The van der Waals surface area contributed by atoms with Gasteiger partial charge in [0, 0.05) is 44.1 Å². The van der Waals surface area contributed by atoms with Crippen LogP contribution in [-0.2, 0) is 11.3 Å². The van der Waals surface area contributed by atoms with Crippen molar-refractivity contribution in [1.82, 2.24) is 14.8 Å². The number of aromatic nitrogens is 1. The van der Waals surface area contributed by atoms with Crippen molar-refractivity contribution in [3.8, 4) is 0 Å². The lowest BCUT2D eigenvalue weighted by molar-refractivity contribution is 0.00876. The molecule has 23 heavy (non-hydrogen) atoms. The van der Waals surface area contributed by atoms with E-state index in [9.17, 15) is 9.90 Å². The number of ether oxygens (including phenoxy) is 1. The molecule has 1 amide bonds. The molecule has 1 aliphatic heterocycles. The molecule has 7 heteroatoms. The van der Waals surface area contributed by atoms with Crippen LogP contribution in [-0.4, -0.2) is 73.3 Å². The number of aliphatic hydroxyl groups excluding tert-OH is 1. The molecular weight excluding hydrogens is 314 g/mol. The van der Waals surface area contributed by atoms with Crippen LogP contribution in [0.2, 0.25) is 0 Å². The van der Waals surface area contributed by atoms with E-state index in [1.54, 1.807) is 7.11 Å². The molecule has 0 saturated carbocycles. The van der Waals surface area contributed by atoms with Gasteiger partial charge in [-0.2, -0.15) is 0 Å². The molecule has 1 aliphatic rings. The largest absolute Gasteiger partial charge is 0.396 e. The lowest BCUT2D eigenvalue weighted by atomic mass is 9.78. The van der Waals surface area contributed by atoms with Gasteiger partial charge in [0.05, 0.1) is 6.61 Å². The monoisotopic (exact) mass is 341 g/mol. The highest BCUT2D eigenvalue weighted by molar-refractivity contribution is 7.09. The van der Waals surface area contributed by atoms with Crippen molar-refractivity contribution in [2.45, 2.75) is 25.8 Å². The van der Waals surface area contributed by atoms with Crippen LogP contribution in [0.15, 0.2) is 5.38 Å². The highest BCUT2D eigenvalue weighted by Crippen LogP contribution is 2.33. The summed E-state index contributed by atoms with van der Waals surface area (Å²) in [4.78, 5) is 21.1. The van der Waals surface area contributed by atoms with Gasteiger partial charge in [0.1, 0.15) is 10.7 Å². The van der Waals surface area contributed by atoms with Crippen LogP contribution in [0.1, 0.15) is 34.8 Å². The number of likely N-dealkylation sites (tertiary alicyclic amines) is 1. The van der Waals surface area contributed by atoms with Crippen molar-refractivity contribution in [2.24, 2.45) is 5.41 Å². The first-order valence-electron chi connectivity index (χ1n) is 7.98. The minimum atomic E-state index is -0.244. The Bertz CT molecular complexity index is 520. The standard InChI is InChI=1S/C16H27N3O3S/c1-18(2)9-14-17-13(10-23-14)15(21)19-7-4-5-16(11-19,12-20)6-8-22-3/h10,20H,4-9,11-12H2,1-3H3/t16-/m1/s1. The maximum absolute atomic E-state index is 12.7. The number of methoxy groups -OCH3 is 1. The van der Waals surface area contributed by atoms with Crippen molar-refractivity contribution < 1.29 is 14.6 Å². The zero-order valence-electron chi connectivity index (χ0n) is 14.2. The number of aliphatic hydroxyl groups is 1. The molecule has 2 heterocycles. The number of rotatable bonds is 7. The number of nitrogens with zero attached hydrogens (tertiary/aromatic N) is 3. The summed E-state index contributed by atoms with van der Waals surface area (Å²) in [6, 6.07) is 0. The summed E-state index contributed by atoms with van der Waals surface area (Å²) >= 11 is 1.52. The maximum Gasteiger partial charge on any atom is 0.273 e. The summed E-state index contributed by atoms with van der Waals surface area (Å²) in [7, 11) is 5.64. The van der Waals surface area contributed by atoms with Gasteiger partial charge in [-0.25, -0.2) is 4.98 Å². The van der Waals surface area contributed by atoms with Gasteiger partial charge in [-0.15, -0.1) is 11.3 Å². The van der Waals surface area contributed by atoms with E-state index in [4.69, 9.17) is 4.74 Å². The van der Waals surface area contributed by atoms with E-state index >= 15 is 0 Å². The van der Waals surface area contributed by atoms with Gasteiger partial charge in [-0.1, -0.05) is 0 Å². The molecule has 0 unspecified atom stereocenters. The Morgan fingerprint density at radius 1 is 1.57 bits per heavy atom. The molecule has 0 bridgehead atoms. The second-order valence-corrected chi connectivity index (χ2v) is 7.54. The van der Waals surface area contributed by atoms with Gasteiger partial charge in [0.2, 0.25) is 0 Å². The Morgan fingerprint density at radius 2 is 2.35 bits per heavy atom. The van der Waals surface area contributed by atoms with E-state index in [2.05, 4.69) is 4.98 Å². The molecule has 1 fully saturated rings. The zero-order chi connectivity index (χ0) is 16.9. The first-order valence-corrected chi connectivity index (χ1v) is 8.86. The van der Waals surface area contributed by atoms with Crippen LogP contribution in [0, 0.1) is 5.41 Å². The Hall–Kier alpha value is -1.02. The molecule has 130 valence electrons. The number of hydrogen-bond acceptors (Lipinski definition) is 6. The second kappa shape index (κ2) is 8.19. The predicted molar refractivity (Wildman–Crippen MR) is 90.7 cm³/mol. The quantitative estimate of drug-likeness (QED) is 0.813. The van der Waals surface area contributed by atoms with Crippen molar-refractivity contribution in [1.29, 1.82) is 0 Å². The number of piperidine rings is 1. The van der Waals surface area contributed by atoms with E-state index in [-0.39, 0.29) is 17.9 Å². The fourth-order valence-corrected chi connectivity index (χ4v) is 3.91. The molecule has 0 radical (unpaired) electrons. The Kier molecular flexibility index (Phi) is 6.52. The minimum absolute atomic E-state index is 0.0267. The van der Waals surface area contributed by atoms with Crippen LogP contribution in [0.25, 0.3) is 0 Å². The summed E-state index contributed by atoms with van der Waals surface area (Å²) in [5, 5.41) is 12.6. The van der Waals surface area contributed by atoms with E-state index < -0.39 is 0 Å². The van der Waals surface area contributed by atoms with Gasteiger partial charge >= 0.3 is 0 Å². The fourth-order valence-electron chi connectivity index (χ4n) is 3.03. The van der Waals surface area contributed by atoms with Crippen molar-refractivity contribution in [3.63, 3.8) is 0 Å². The summed E-state index contributed by atoms with van der Waals surface area (Å²) in [6.07, 6.45) is 2.61. The molecule has 1 atom stereocenters. The lowest BCUT2D eigenvalue weighted by Gasteiger charge is -2.41. The lowest BCUT2D eigenvalue weighted by Crippen LogP contribution is -2.48. The van der Waals surface area contributed by atoms with Gasteiger partial charge in [-0.3, -0.25) is 4.79 Å². The number of carbonyl (C=O) groups excluding carboxylic acids is 1. The number of amides is 1. The van der Waals surface area contributed by atoms with Gasteiger partial charge < -0.3 is 19.6 Å². The molecule has 1 aromatic heterocycles. The van der Waals surface area contributed by atoms with Gasteiger partial charge in [0.15, 0.2) is 0 Å². The summed E-state index contributed by atoms with van der Waals surface area (Å²) in [5.74, 6) is -0.0267. The van der Waals surface area contributed by atoms with E-state index in [0.717, 1.165) is 37.4 Å². The summed E-state index contributed by atoms with van der Waals surface area (Å²) in [6.45, 7) is 2.74. The smallest absolute Gasteiger partial charge is 0.273 e. The van der Waals surface area contributed by atoms with Crippen LogP contribution >= 0.6 is 11.3 Å². The molecule has 0 aromatic carbocycles. The molecule has 6 nitrogen and oxygen atoms in total. The third-order valence-corrected chi connectivity index (χ3v) is 5.18. The second-order valence-electron chi connectivity index (χ2n) is 6.60. The third-order valence-electron chi connectivity index (χ3n) is 4.34. The first-order chi connectivity index (χ1) is 11.0. The zero-order valence-corrected chi connectivity index (χ0v) is 15.1. The van der Waals surface area contributed by atoms with Crippen LogP contribution in [0.3, 0.4) is 0 Å². The van der Waals surface area contributed by atoms with E-state index in [1.165, 1.54) is 11.3 Å². The SMILES string of the molecule is COCC[C@]1(CO)CCCN(C(=O)c2csc(CN(C)C)n2)C1. The highest BCUT2D eigenvalue weighted by Gasteiger charge is 2.37. The molecule has 1 saturated heterocycles. The Balaban J connectivity index is 2.05. The highest BCUT2D eigenvalue weighted by atomic mass is 32.1. The number of carbonyl (C=O) groups is 1. The predicted octanol–water partition coefficient (Wildman–Crippen LogP) is 1.46. The molecular formula is C16H27N3O3S. The Morgan fingerprint density at radius 3 is 3.00 bits per heavy atom. The molecule has 0 aliphatic carbocycles. The fraction of sp³-hybridized carbons (Fsp3) is 0.750. The molecule has 1 N–H and O–H groups in total. The normalized spacial score (nSPS) is 21.9. The van der Waals surface area contributed by atoms with E-state index in [1.807, 2.05) is 29.3 Å². The summed E-state index contributed by atoms with van der Waals surface area (Å²) < 4.78 is 5.16. The van der Waals surface area contributed by atoms with E-state index in [0.29, 0.717) is 18.8 Å². The van der Waals surface area contributed by atoms with Crippen LogP contribution in [0.4, 0.5) is 0 Å².